The van der Waals surface area contributed by atoms with E-state index in [-0.39, 0.29) is 24.4 Å². The molecule has 0 saturated carbocycles. The van der Waals surface area contributed by atoms with Gasteiger partial charge >= 0.3 is 0 Å². The third-order valence-electron chi connectivity index (χ3n) is 3.60. The van der Waals surface area contributed by atoms with Crippen molar-refractivity contribution in [2.75, 3.05) is 24.6 Å². The van der Waals surface area contributed by atoms with Crippen LogP contribution < -0.4 is 10.6 Å². The second kappa shape index (κ2) is 5.67. The quantitative estimate of drug-likeness (QED) is 0.865. The summed E-state index contributed by atoms with van der Waals surface area (Å²) in [5, 5.41) is 9.26. The van der Waals surface area contributed by atoms with Crippen LogP contribution in [-0.4, -0.2) is 24.8 Å². The Morgan fingerprint density at radius 2 is 2.33 bits per heavy atom. The minimum absolute atomic E-state index is 0.194. The van der Waals surface area contributed by atoms with Crippen LogP contribution in [-0.2, 0) is 0 Å². The van der Waals surface area contributed by atoms with Crippen molar-refractivity contribution in [3.63, 3.8) is 0 Å². The van der Waals surface area contributed by atoms with Gasteiger partial charge in [-0.15, -0.1) is 0 Å². The van der Waals surface area contributed by atoms with Gasteiger partial charge in [-0.1, -0.05) is 6.07 Å². The zero-order valence-corrected chi connectivity index (χ0v) is 10.8. The third kappa shape index (κ3) is 2.65. The standard InChI is InChI=1S/C14H21FN2O/c1-10(16)14-12(15)5-2-6-13(14)17-7-3-4-11(8-17)9-18/h2,5-6,10-11,18H,3-4,7-9,16H2,1H3/t10-,11?/m0/s1. The second-order valence-corrected chi connectivity index (χ2v) is 5.10. The van der Waals surface area contributed by atoms with Gasteiger partial charge < -0.3 is 15.7 Å². The van der Waals surface area contributed by atoms with Gasteiger partial charge in [-0.2, -0.15) is 0 Å². The summed E-state index contributed by atoms with van der Waals surface area (Å²) in [5.41, 5.74) is 7.33. The van der Waals surface area contributed by atoms with E-state index in [1.165, 1.54) is 6.07 Å². The van der Waals surface area contributed by atoms with Crippen molar-refractivity contribution in [3.05, 3.63) is 29.6 Å². The van der Waals surface area contributed by atoms with E-state index in [0.717, 1.165) is 31.6 Å². The van der Waals surface area contributed by atoms with E-state index in [1.807, 2.05) is 6.07 Å². The molecule has 0 aromatic heterocycles. The second-order valence-electron chi connectivity index (χ2n) is 5.10. The third-order valence-corrected chi connectivity index (χ3v) is 3.60. The summed E-state index contributed by atoms with van der Waals surface area (Å²) in [7, 11) is 0. The number of aliphatic hydroxyl groups is 1. The number of nitrogens with two attached hydrogens (primary N) is 1. The molecule has 1 aromatic rings. The fourth-order valence-corrected chi connectivity index (χ4v) is 2.69. The molecule has 2 rings (SSSR count). The van der Waals surface area contributed by atoms with Gasteiger partial charge in [0.05, 0.1) is 0 Å². The molecule has 1 fully saturated rings. The Kier molecular flexibility index (Phi) is 4.19. The van der Waals surface area contributed by atoms with Crippen molar-refractivity contribution in [3.8, 4) is 0 Å². The highest BCUT2D eigenvalue weighted by molar-refractivity contribution is 5.55. The first-order valence-corrected chi connectivity index (χ1v) is 6.53. The van der Waals surface area contributed by atoms with Gasteiger partial charge in [0.2, 0.25) is 0 Å². The molecule has 1 aliphatic rings. The van der Waals surface area contributed by atoms with Crippen LogP contribution in [0.5, 0.6) is 0 Å². The summed E-state index contributed by atoms with van der Waals surface area (Å²) in [4.78, 5) is 2.14. The maximum atomic E-state index is 13.9. The predicted molar refractivity (Wildman–Crippen MR) is 71.0 cm³/mol. The normalized spacial score (nSPS) is 22.0. The largest absolute Gasteiger partial charge is 0.396 e. The first-order chi connectivity index (χ1) is 8.63. The van der Waals surface area contributed by atoms with E-state index >= 15 is 0 Å². The Balaban J connectivity index is 2.29. The molecule has 0 amide bonds. The van der Waals surface area contributed by atoms with Crippen LogP contribution in [0.1, 0.15) is 31.4 Å². The molecule has 18 heavy (non-hydrogen) atoms. The maximum absolute atomic E-state index is 13.9. The van der Waals surface area contributed by atoms with Gasteiger partial charge in [-0.25, -0.2) is 4.39 Å². The van der Waals surface area contributed by atoms with E-state index in [1.54, 1.807) is 13.0 Å². The predicted octanol–water partition coefficient (Wildman–Crippen LogP) is 2.05. The SMILES string of the molecule is C[C@H](N)c1c(F)cccc1N1CCCC(CO)C1. The molecular weight excluding hydrogens is 231 g/mol. The maximum Gasteiger partial charge on any atom is 0.130 e. The Morgan fingerprint density at radius 3 is 3.00 bits per heavy atom. The Bertz CT molecular complexity index is 409. The van der Waals surface area contributed by atoms with E-state index in [0.29, 0.717) is 5.56 Å². The molecule has 3 nitrogen and oxygen atoms in total. The number of nitrogens with zero attached hydrogens (tertiary/aromatic N) is 1. The van der Waals surface area contributed by atoms with Crippen molar-refractivity contribution < 1.29 is 9.50 Å². The van der Waals surface area contributed by atoms with Gasteiger partial charge in [0.1, 0.15) is 5.82 Å². The fraction of sp³-hybridized carbons (Fsp3) is 0.571. The summed E-state index contributed by atoms with van der Waals surface area (Å²) in [6.07, 6.45) is 2.07. The van der Waals surface area contributed by atoms with E-state index in [9.17, 15) is 9.50 Å². The number of piperidine rings is 1. The molecule has 1 saturated heterocycles. The van der Waals surface area contributed by atoms with Crippen LogP contribution in [0, 0.1) is 11.7 Å². The molecule has 0 spiro atoms. The molecule has 0 bridgehead atoms. The number of benzene rings is 1. The van der Waals surface area contributed by atoms with Crippen LogP contribution in [0.25, 0.3) is 0 Å². The van der Waals surface area contributed by atoms with Crippen LogP contribution in [0.2, 0.25) is 0 Å². The molecule has 1 heterocycles. The number of halogens is 1. The lowest BCUT2D eigenvalue weighted by molar-refractivity contribution is 0.208. The monoisotopic (exact) mass is 252 g/mol. The van der Waals surface area contributed by atoms with Crippen molar-refractivity contribution >= 4 is 5.69 Å². The molecule has 1 unspecified atom stereocenters. The van der Waals surface area contributed by atoms with Gasteiger partial charge in [0, 0.05) is 37.0 Å². The lowest BCUT2D eigenvalue weighted by Gasteiger charge is -2.35. The summed E-state index contributed by atoms with van der Waals surface area (Å²) < 4.78 is 13.9. The molecule has 0 radical (unpaired) electrons. The molecule has 100 valence electrons. The first kappa shape index (κ1) is 13.3. The minimum atomic E-state index is -0.323. The van der Waals surface area contributed by atoms with Crippen molar-refractivity contribution in [2.24, 2.45) is 11.7 Å². The Labute approximate surface area is 107 Å². The highest BCUT2D eigenvalue weighted by Crippen LogP contribution is 2.31. The van der Waals surface area contributed by atoms with E-state index in [4.69, 9.17) is 5.73 Å². The smallest absolute Gasteiger partial charge is 0.130 e. The van der Waals surface area contributed by atoms with Gasteiger partial charge in [0.15, 0.2) is 0 Å². The highest BCUT2D eigenvalue weighted by atomic mass is 19.1. The van der Waals surface area contributed by atoms with Gasteiger partial charge in [-0.3, -0.25) is 0 Å². The average molecular weight is 252 g/mol. The number of rotatable bonds is 3. The lowest BCUT2D eigenvalue weighted by atomic mass is 9.96. The summed E-state index contributed by atoms with van der Waals surface area (Å²) in [6, 6.07) is 4.77. The van der Waals surface area contributed by atoms with Crippen LogP contribution in [0.4, 0.5) is 10.1 Å². The fourth-order valence-electron chi connectivity index (χ4n) is 2.69. The average Bonchev–Trinajstić information content (AvgIpc) is 2.38. The lowest BCUT2D eigenvalue weighted by Crippen LogP contribution is -2.37. The number of hydrogen-bond donors (Lipinski definition) is 2. The van der Waals surface area contributed by atoms with Crippen molar-refractivity contribution in [1.82, 2.24) is 0 Å². The first-order valence-electron chi connectivity index (χ1n) is 6.53. The topological polar surface area (TPSA) is 49.5 Å². The Morgan fingerprint density at radius 1 is 1.56 bits per heavy atom. The van der Waals surface area contributed by atoms with E-state index < -0.39 is 0 Å². The molecular formula is C14H21FN2O. The molecule has 1 aromatic carbocycles. The Hall–Kier alpha value is -1.13. The molecule has 3 N–H and O–H groups in total. The number of hydrogen-bond acceptors (Lipinski definition) is 3. The summed E-state index contributed by atoms with van der Waals surface area (Å²) in [6.45, 7) is 3.67. The molecule has 0 aliphatic carbocycles. The van der Waals surface area contributed by atoms with Gasteiger partial charge in [-0.05, 0) is 37.8 Å². The van der Waals surface area contributed by atoms with Crippen LogP contribution in [0.15, 0.2) is 18.2 Å². The zero-order valence-electron chi connectivity index (χ0n) is 10.8. The van der Waals surface area contributed by atoms with Crippen molar-refractivity contribution in [2.45, 2.75) is 25.8 Å². The molecule has 2 atom stereocenters. The van der Waals surface area contributed by atoms with Gasteiger partial charge in [0.25, 0.3) is 0 Å². The van der Waals surface area contributed by atoms with E-state index in [2.05, 4.69) is 4.90 Å². The molecule has 1 aliphatic heterocycles. The van der Waals surface area contributed by atoms with Crippen molar-refractivity contribution in [1.29, 1.82) is 0 Å². The zero-order chi connectivity index (χ0) is 13.1. The minimum Gasteiger partial charge on any atom is -0.396 e. The number of anilines is 1. The summed E-state index contributed by atoms with van der Waals surface area (Å²) in [5.74, 6) is 0.0385. The highest BCUT2D eigenvalue weighted by Gasteiger charge is 2.23. The summed E-state index contributed by atoms with van der Waals surface area (Å²) >= 11 is 0. The van der Waals surface area contributed by atoms with Crippen LogP contribution >= 0.6 is 0 Å². The molecule has 4 heteroatoms. The number of aliphatic hydroxyl groups excluding tert-OH is 1. The van der Waals surface area contributed by atoms with Crippen LogP contribution in [0.3, 0.4) is 0 Å².